The smallest absolute Gasteiger partial charge is 0.294 e. The third kappa shape index (κ3) is 5.68. The molecule has 0 saturated heterocycles. The average molecular weight is 483 g/mol. The number of carbonyl (C=O) groups is 2. The molecule has 0 bridgehead atoms. The van der Waals surface area contributed by atoms with Gasteiger partial charge in [0.25, 0.3) is 11.8 Å². The number of hydrogen-bond acceptors (Lipinski definition) is 3. The minimum Gasteiger partial charge on any atom is -0.449 e. The third-order valence-electron chi connectivity index (χ3n) is 6.33. The first-order valence-electron chi connectivity index (χ1n) is 12.3. The van der Waals surface area contributed by atoms with E-state index in [0.717, 1.165) is 29.7 Å². The maximum Gasteiger partial charge on any atom is 0.294 e. The number of amides is 2. The van der Waals surface area contributed by atoms with Crippen molar-refractivity contribution in [2.75, 3.05) is 19.0 Å². The topological polar surface area (TPSA) is 58.6 Å². The maximum absolute atomic E-state index is 13.5. The fourth-order valence-electron chi connectivity index (χ4n) is 4.52. The number of nitrogens with one attached hydrogen (secondary N) is 1. The number of ether oxygens (including phenoxy) is 1. The van der Waals surface area contributed by atoms with Gasteiger partial charge in [0.2, 0.25) is 0 Å². The lowest BCUT2D eigenvalue weighted by Crippen LogP contribution is -2.35. The van der Waals surface area contributed by atoms with Gasteiger partial charge in [0, 0.05) is 25.2 Å². The van der Waals surface area contributed by atoms with Gasteiger partial charge in [-0.25, -0.2) is 0 Å². The van der Waals surface area contributed by atoms with Gasteiger partial charge in [-0.1, -0.05) is 69.3 Å². The number of carbonyl (C=O) groups excluding carboxylic acids is 2. The van der Waals surface area contributed by atoms with Crippen LogP contribution in [-0.4, -0.2) is 25.9 Å². The fourth-order valence-corrected chi connectivity index (χ4v) is 4.52. The molecule has 1 aliphatic heterocycles. The Bertz CT molecular complexity index is 1290. The highest BCUT2D eigenvalue weighted by Gasteiger charge is 2.31. The highest BCUT2D eigenvalue weighted by atomic mass is 16.5. The van der Waals surface area contributed by atoms with Crippen LogP contribution in [0.25, 0.3) is 5.57 Å². The van der Waals surface area contributed by atoms with Crippen LogP contribution in [0.4, 0.5) is 5.69 Å². The molecule has 36 heavy (non-hydrogen) atoms. The molecule has 0 atom stereocenters. The molecule has 5 heteroatoms. The number of benzene rings is 3. The molecule has 0 unspecified atom stereocenters. The lowest BCUT2D eigenvalue weighted by Gasteiger charge is -2.30. The van der Waals surface area contributed by atoms with Gasteiger partial charge in [-0.2, -0.15) is 0 Å². The first-order valence-corrected chi connectivity index (χ1v) is 12.3. The minimum absolute atomic E-state index is 0.136. The van der Waals surface area contributed by atoms with Gasteiger partial charge < -0.3 is 15.0 Å². The van der Waals surface area contributed by atoms with Crippen molar-refractivity contribution >= 4 is 23.1 Å². The quantitative estimate of drug-likeness (QED) is 0.436. The third-order valence-corrected chi connectivity index (χ3v) is 6.33. The zero-order valence-corrected chi connectivity index (χ0v) is 21.7. The van der Waals surface area contributed by atoms with Crippen LogP contribution in [0.1, 0.15) is 54.2 Å². The molecule has 3 aromatic rings. The van der Waals surface area contributed by atoms with Crippen LogP contribution < -0.4 is 15.0 Å². The summed E-state index contributed by atoms with van der Waals surface area (Å²) in [5.41, 5.74) is 5.51. The highest BCUT2D eigenvalue weighted by molar-refractivity contribution is 6.11. The van der Waals surface area contributed by atoms with Crippen LogP contribution in [0.3, 0.4) is 0 Å². The van der Waals surface area contributed by atoms with Gasteiger partial charge in [-0.3, -0.25) is 9.59 Å². The van der Waals surface area contributed by atoms with Gasteiger partial charge in [0.15, 0.2) is 11.5 Å². The first kappa shape index (κ1) is 25.2. The molecule has 2 amide bonds. The predicted octanol–water partition coefficient (Wildman–Crippen LogP) is 6.03. The fraction of sp³-hybridized carbons (Fsp3) is 0.290. The number of anilines is 1. The molecule has 1 heterocycles. The Morgan fingerprint density at radius 2 is 1.58 bits per heavy atom. The summed E-state index contributed by atoms with van der Waals surface area (Å²) in [4.78, 5) is 27.3. The van der Waals surface area contributed by atoms with Crippen molar-refractivity contribution in [3.8, 4) is 5.75 Å². The zero-order chi connectivity index (χ0) is 25.9. The Kier molecular flexibility index (Phi) is 7.30. The Balaban J connectivity index is 1.77. The molecule has 4 rings (SSSR count). The van der Waals surface area contributed by atoms with Crippen molar-refractivity contribution in [1.29, 1.82) is 0 Å². The molecular weight excluding hydrogens is 448 g/mol. The van der Waals surface area contributed by atoms with Crippen LogP contribution in [0.15, 0.2) is 78.6 Å². The highest BCUT2D eigenvalue weighted by Crippen LogP contribution is 2.39. The van der Waals surface area contributed by atoms with Crippen LogP contribution in [0, 0.1) is 5.41 Å². The molecule has 0 radical (unpaired) electrons. The van der Waals surface area contributed by atoms with Gasteiger partial charge >= 0.3 is 0 Å². The van der Waals surface area contributed by atoms with E-state index in [-0.39, 0.29) is 17.2 Å². The largest absolute Gasteiger partial charge is 0.449 e. The van der Waals surface area contributed by atoms with E-state index in [1.54, 1.807) is 31.1 Å². The minimum atomic E-state index is -0.176. The summed E-state index contributed by atoms with van der Waals surface area (Å²) in [6.45, 7) is 6.62. The Hall–Kier alpha value is -3.86. The summed E-state index contributed by atoms with van der Waals surface area (Å²) in [7, 11) is 3.40. The second-order valence-corrected chi connectivity index (χ2v) is 10.5. The normalized spacial score (nSPS) is 14.7. The Morgan fingerprint density at radius 3 is 2.22 bits per heavy atom. The summed E-state index contributed by atoms with van der Waals surface area (Å²) in [6, 6.07) is 23.6. The standard InChI is InChI=1S/C31H34N2O3/c1-31(2,3)20-22-12-18-26-27(19-22)36-28(30(35)33(26)5)25(17-11-21-9-7-6-8-10-21)23-13-15-24(16-14-23)29(34)32-4/h6-10,12-16,18-19H,11,17,20H2,1-5H3,(H,32,34). The molecule has 0 spiro atoms. The van der Waals surface area contributed by atoms with Crippen LogP contribution in [0.5, 0.6) is 5.75 Å². The van der Waals surface area contributed by atoms with E-state index in [9.17, 15) is 9.59 Å². The van der Waals surface area contributed by atoms with Crippen molar-refractivity contribution in [3.05, 3.63) is 101 Å². The van der Waals surface area contributed by atoms with E-state index in [2.05, 4.69) is 44.3 Å². The first-order chi connectivity index (χ1) is 17.2. The van der Waals surface area contributed by atoms with Gasteiger partial charge in [-0.05, 0) is 65.6 Å². The second kappa shape index (κ2) is 10.4. The summed E-state index contributed by atoms with van der Waals surface area (Å²) < 4.78 is 6.38. The number of likely N-dealkylation sites (N-methyl/N-ethyl adjacent to an activating group) is 1. The van der Waals surface area contributed by atoms with E-state index in [1.165, 1.54) is 11.1 Å². The monoisotopic (exact) mass is 482 g/mol. The van der Waals surface area contributed by atoms with Crippen molar-refractivity contribution in [3.63, 3.8) is 0 Å². The molecule has 1 aliphatic rings. The number of allylic oxidation sites excluding steroid dienone is 1. The van der Waals surface area contributed by atoms with Gasteiger partial charge in [0.05, 0.1) is 5.69 Å². The average Bonchev–Trinajstić information content (AvgIpc) is 2.86. The molecule has 0 aliphatic carbocycles. The predicted molar refractivity (Wildman–Crippen MR) is 145 cm³/mol. The molecular formula is C31H34N2O3. The van der Waals surface area contributed by atoms with E-state index in [0.29, 0.717) is 23.5 Å². The van der Waals surface area contributed by atoms with E-state index in [4.69, 9.17) is 4.74 Å². The summed E-state index contributed by atoms with van der Waals surface area (Å²) in [5, 5.41) is 2.65. The maximum atomic E-state index is 13.5. The van der Waals surface area contributed by atoms with E-state index >= 15 is 0 Å². The van der Waals surface area contributed by atoms with Gasteiger partial charge in [-0.15, -0.1) is 0 Å². The SMILES string of the molecule is CNC(=O)c1ccc(C(CCc2ccccc2)=C2Oc3cc(CC(C)(C)C)ccc3N(C)C2=O)cc1. The second-order valence-electron chi connectivity index (χ2n) is 10.5. The van der Waals surface area contributed by atoms with E-state index in [1.807, 2.05) is 42.5 Å². The van der Waals surface area contributed by atoms with Gasteiger partial charge in [0.1, 0.15) is 0 Å². The summed E-state index contributed by atoms with van der Waals surface area (Å²) in [6.07, 6.45) is 2.28. The zero-order valence-electron chi connectivity index (χ0n) is 21.7. The molecule has 186 valence electrons. The molecule has 3 aromatic carbocycles. The molecule has 0 saturated carbocycles. The number of aryl methyl sites for hydroxylation is 1. The number of fused-ring (bicyclic) bond motifs is 1. The summed E-state index contributed by atoms with van der Waals surface area (Å²) >= 11 is 0. The Labute approximate surface area is 213 Å². The van der Waals surface area contributed by atoms with Crippen LogP contribution in [-0.2, 0) is 17.6 Å². The van der Waals surface area contributed by atoms with Crippen molar-refractivity contribution in [1.82, 2.24) is 5.32 Å². The van der Waals surface area contributed by atoms with Crippen molar-refractivity contribution in [2.45, 2.75) is 40.0 Å². The van der Waals surface area contributed by atoms with Crippen LogP contribution in [0.2, 0.25) is 0 Å². The van der Waals surface area contributed by atoms with Crippen molar-refractivity contribution < 1.29 is 14.3 Å². The number of hydrogen-bond donors (Lipinski definition) is 1. The number of rotatable bonds is 6. The lowest BCUT2D eigenvalue weighted by molar-refractivity contribution is -0.117. The van der Waals surface area contributed by atoms with Crippen LogP contribution >= 0.6 is 0 Å². The van der Waals surface area contributed by atoms with Crippen molar-refractivity contribution in [2.24, 2.45) is 5.41 Å². The Morgan fingerprint density at radius 1 is 0.917 bits per heavy atom. The molecule has 0 aromatic heterocycles. The number of nitrogens with zero attached hydrogens (tertiary/aromatic N) is 1. The molecule has 0 fully saturated rings. The molecule has 5 nitrogen and oxygen atoms in total. The van der Waals surface area contributed by atoms with E-state index < -0.39 is 0 Å². The summed E-state index contributed by atoms with van der Waals surface area (Å²) in [5.74, 6) is 0.698. The molecule has 1 N–H and O–H groups in total. The lowest BCUT2D eigenvalue weighted by atomic mass is 9.88.